The molecule has 0 spiro atoms. The molecule has 2 aromatic carbocycles. The number of nitrogens with zero attached hydrogens (tertiary/aromatic N) is 1. The Bertz CT molecular complexity index is 1100. The van der Waals surface area contributed by atoms with Gasteiger partial charge in [0.05, 0.1) is 32.6 Å². The highest BCUT2D eigenvalue weighted by atomic mass is 32.2. The standard InChI is InChI=1S/C18H20N2O6S/c1-5-12-10-8-11(14(24-3)9-15(10)26-20-12)17-13(23-2)6-7-16(18(17)25-4)27(19,21)22/h6-9H,5H2,1-4H3,(H2,19,21,22). The second-order valence-corrected chi connectivity index (χ2v) is 7.28. The average molecular weight is 392 g/mol. The predicted molar refractivity (Wildman–Crippen MR) is 99.9 cm³/mol. The Kier molecular flexibility index (Phi) is 4.99. The van der Waals surface area contributed by atoms with Gasteiger partial charge in [-0.1, -0.05) is 12.1 Å². The zero-order valence-corrected chi connectivity index (χ0v) is 16.2. The van der Waals surface area contributed by atoms with E-state index in [0.717, 1.165) is 11.1 Å². The van der Waals surface area contributed by atoms with Crippen LogP contribution in [-0.2, 0) is 16.4 Å². The Labute approximate surface area is 156 Å². The van der Waals surface area contributed by atoms with Crippen molar-refractivity contribution in [2.45, 2.75) is 18.2 Å². The Hall–Kier alpha value is -2.78. The molecule has 3 rings (SSSR count). The molecule has 27 heavy (non-hydrogen) atoms. The van der Waals surface area contributed by atoms with E-state index in [1.165, 1.54) is 33.5 Å². The van der Waals surface area contributed by atoms with Crippen molar-refractivity contribution in [1.29, 1.82) is 0 Å². The molecule has 1 heterocycles. The molecule has 8 nitrogen and oxygen atoms in total. The molecule has 0 radical (unpaired) electrons. The van der Waals surface area contributed by atoms with Crippen molar-refractivity contribution in [2.24, 2.45) is 5.14 Å². The molecule has 0 amide bonds. The van der Waals surface area contributed by atoms with Crippen LogP contribution in [0.4, 0.5) is 0 Å². The maximum absolute atomic E-state index is 12.0. The van der Waals surface area contributed by atoms with E-state index in [1.807, 2.05) is 13.0 Å². The zero-order valence-electron chi connectivity index (χ0n) is 15.4. The van der Waals surface area contributed by atoms with E-state index in [1.54, 1.807) is 6.07 Å². The number of aryl methyl sites for hydroxylation is 1. The molecule has 0 bridgehead atoms. The minimum Gasteiger partial charge on any atom is -0.496 e. The summed E-state index contributed by atoms with van der Waals surface area (Å²) in [5.74, 6) is 0.930. The Morgan fingerprint density at radius 1 is 1.07 bits per heavy atom. The van der Waals surface area contributed by atoms with Crippen LogP contribution < -0.4 is 19.3 Å². The van der Waals surface area contributed by atoms with E-state index in [9.17, 15) is 8.42 Å². The Balaban J connectivity index is 2.45. The van der Waals surface area contributed by atoms with Crippen LogP contribution >= 0.6 is 0 Å². The number of sulfonamides is 1. The van der Waals surface area contributed by atoms with Crippen molar-refractivity contribution in [3.63, 3.8) is 0 Å². The number of aromatic nitrogens is 1. The maximum Gasteiger partial charge on any atom is 0.241 e. The second kappa shape index (κ2) is 7.09. The number of ether oxygens (including phenoxy) is 3. The fourth-order valence-corrected chi connectivity index (χ4v) is 3.73. The van der Waals surface area contributed by atoms with Crippen LogP contribution in [0.25, 0.3) is 22.1 Å². The van der Waals surface area contributed by atoms with E-state index in [2.05, 4.69) is 5.16 Å². The molecule has 0 aliphatic heterocycles. The second-order valence-electron chi connectivity index (χ2n) is 5.75. The largest absolute Gasteiger partial charge is 0.496 e. The van der Waals surface area contributed by atoms with Gasteiger partial charge in [-0.25, -0.2) is 13.6 Å². The molecule has 144 valence electrons. The normalized spacial score (nSPS) is 11.6. The monoisotopic (exact) mass is 392 g/mol. The molecule has 0 saturated carbocycles. The van der Waals surface area contributed by atoms with Crippen molar-refractivity contribution >= 4 is 21.0 Å². The van der Waals surface area contributed by atoms with Gasteiger partial charge in [0.15, 0.2) is 11.3 Å². The summed E-state index contributed by atoms with van der Waals surface area (Å²) in [6, 6.07) is 6.38. The number of primary sulfonamides is 1. The highest BCUT2D eigenvalue weighted by Gasteiger charge is 2.26. The molecule has 9 heteroatoms. The summed E-state index contributed by atoms with van der Waals surface area (Å²) >= 11 is 0. The molecule has 0 fully saturated rings. The first kappa shape index (κ1) is 19.0. The summed E-state index contributed by atoms with van der Waals surface area (Å²) < 4.78 is 45.8. The SMILES string of the molecule is CCc1noc2cc(OC)c(-c3c(OC)ccc(S(N)(=O)=O)c3OC)cc12. The minimum atomic E-state index is -4.02. The highest BCUT2D eigenvalue weighted by Crippen LogP contribution is 2.47. The van der Waals surface area contributed by atoms with Crippen LogP contribution in [-0.4, -0.2) is 34.9 Å². The van der Waals surface area contributed by atoms with Gasteiger partial charge in [0.25, 0.3) is 0 Å². The molecular formula is C18H20N2O6S. The zero-order chi connectivity index (χ0) is 19.8. The van der Waals surface area contributed by atoms with Gasteiger partial charge in [0.1, 0.15) is 16.4 Å². The summed E-state index contributed by atoms with van der Waals surface area (Å²) in [6.07, 6.45) is 0.671. The van der Waals surface area contributed by atoms with Gasteiger partial charge >= 0.3 is 0 Å². The fraction of sp³-hybridized carbons (Fsp3) is 0.278. The van der Waals surface area contributed by atoms with Gasteiger partial charge < -0.3 is 18.7 Å². The van der Waals surface area contributed by atoms with E-state index < -0.39 is 10.0 Å². The number of hydrogen-bond donors (Lipinski definition) is 1. The molecule has 3 aromatic rings. The molecule has 2 N–H and O–H groups in total. The van der Waals surface area contributed by atoms with Crippen LogP contribution in [0.15, 0.2) is 33.7 Å². The van der Waals surface area contributed by atoms with E-state index in [-0.39, 0.29) is 10.6 Å². The number of rotatable bonds is 6. The van der Waals surface area contributed by atoms with Gasteiger partial charge in [-0.15, -0.1) is 0 Å². The van der Waals surface area contributed by atoms with Gasteiger partial charge in [-0.3, -0.25) is 0 Å². The number of methoxy groups -OCH3 is 3. The van der Waals surface area contributed by atoms with Gasteiger partial charge in [0.2, 0.25) is 10.0 Å². The Morgan fingerprint density at radius 3 is 2.33 bits per heavy atom. The molecule has 0 saturated heterocycles. The smallest absolute Gasteiger partial charge is 0.241 e. The van der Waals surface area contributed by atoms with Gasteiger partial charge in [-0.05, 0) is 24.6 Å². The number of nitrogens with two attached hydrogens (primary N) is 1. The van der Waals surface area contributed by atoms with Gasteiger partial charge in [0, 0.05) is 17.0 Å². The van der Waals surface area contributed by atoms with Crippen LogP contribution in [0, 0.1) is 0 Å². The third-order valence-electron chi connectivity index (χ3n) is 4.28. The lowest BCUT2D eigenvalue weighted by Gasteiger charge is -2.18. The third kappa shape index (κ3) is 3.19. The molecule has 0 unspecified atom stereocenters. The molecular weight excluding hydrogens is 372 g/mol. The van der Waals surface area contributed by atoms with Crippen molar-refractivity contribution in [2.75, 3.05) is 21.3 Å². The van der Waals surface area contributed by atoms with Crippen molar-refractivity contribution in [1.82, 2.24) is 5.16 Å². The van der Waals surface area contributed by atoms with Crippen LogP contribution in [0.3, 0.4) is 0 Å². The summed E-state index contributed by atoms with van der Waals surface area (Å²) in [6.45, 7) is 1.96. The number of benzene rings is 2. The summed E-state index contributed by atoms with van der Waals surface area (Å²) in [4.78, 5) is -0.149. The van der Waals surface area contributed by atoms with Gasteiger partial charge in [-0.2, -0.15) is 0 Å². The predicted octanol–water partition coefficient (Wildman–Crippen LogP) is 2.73. The lowest BCUT2D eigenvalue weighted by atomic mass is 9.99. The maximum atomic E-state index is 12.0. The minimum absolute atomic E-state index is 0.0732. The molecule has 0 atom stereocenters. The van der Waals surface area contributed by atoms with E-state index >= 15 is 0 Å². The first-order chi connectivity index (χ1) is 12.8. The number of hydrogen-bond acceptors (Lipinski definition) is 7. The summed E-state index contributed by atoms with van der Waals surface area (Å²) in [5, 5.41) is 10.2. The van der Waals surface area contributed by atoms with Crippen molar-refractivity contribution in [3.8, 4) is 28.4 Å². The van der Waals surface area contributed by atoms with Crippen LogP contribution in [0.5, 0.6) is 17.2 Å². The topological polar surface area (TPSA) is 114 Å². The first-order valence-corrected chi connectivity index (χ1v) is 9.64. The molecule has 1 aromatic heterocycles. The average Bonchev–Trinajstić information content (AvgIpc) is 3.06. The third-order valence-corrected chi connectivity index (χ3v) is 5.22. The molecule has 0 aliphatic rings. The summed E-state index contributed by atoms with van der Waals surface area (Å²) in [7, 11) is 0.340. The quantitative estimate of drug-likeness (QED) is 0.686. The van der Waals surface area contributed by atoms with Crippen molar-refractivity contribution < 1.29 is 27.2 Å². The van der Waals surface area contributed by atoms with Crippen molar-refractivity contribution in [3.05, 3.63) is 30.0 Å². The first-order valence-electron chi connectivity index (χ1n) is 8.10. The van der Waals surface area contributed by atoms with Crippen LogP contribution in [0.2, 0.25) is 0 Å². The lowest BCUT2D eigenvalue weighted by Crippen LogP contribution is -2.14. The molecule has 0 aliphatic carbocycles. The van der Waals surface area contributed by atoms with E-state index in [0.29, 0.717) is 34.6 Å². The van der Waals surface area contributed by atoms with Crippen LogP contribution in [0.1, 0.15) is 12.6 Å². The Morgan fingerprint density at radius 2 is 1.78 bits per heavy atom. The summed E-state index contributed by atoms with van der Waals surface area (Å²) in [5.41, 5.74) is 2.32. The highest BCUT2D eigenvalue weighted by molar-refractivity contribution is 7.89. The number of fused-ring (bicyclic) bond motifs is 1. The van der Waals surface area contributed by atoms with E-state index in [4.69, 9.17) is 23.9 Å². The fourth-order valence-electron chi connectivity index (χ4n) is 3.03. The lowest BCUT2D eigenvalue weighted by molar-refractivity contribution is 0.387.